The molecular formula is C25H20F3N5O. The van der Waals surface area contributed by atoms with Gasteiger partial charge >= 0.3 is 6.18 Å². The van der Waals surface area contributed by atoms with Crippen LogP contribution < -0.4 is 4.90 Å². The number of halogens is 3. The minimum atomic E-state index is -4.42. The van der Waals surface area contributed by atoms with Gasteiger partial charge in [-0.1, -0.05) is 24.3 Å². The van der Waals surface area contributed by atoms with Crippen molar-refractivity contribution in [2.75, 3.05) is 31.1 Å². The van der Waals surface area contributed by atoms with Crippen LogP contribution in [0, 0.1) is 0 Å². The highest BCUT2D eigenvalue weighted by Gasteiger charge is 2.31. The van der Waals surface area contributed by atoms with Crippen molar-refractivity contribution in [2.45, 2.75) is 6.18 Å². The van der Waals surface area contributed by atoms with Crippen LogP contribution in [0.5, 0.6) is 0 Å². The first-order valence-corrected chi connectivity index (χ1v) is 10.8. The lowest BCUT2D eigenvalue weighted by molar-refractivity contribution is -0.137. The maximum Gasteiger partial charge on any atom is 0.417 e. The molecule has 6 nitrogen and oxygen atoms in total. The first kappa shape index (κ1) is 21.8. The summed E-state index contributed by atoms with van der Waals surface area (Å²) in [5.74, 6) is 0.350. The zero-order valence-electron chi connectivity index (χ0n) is 18.0. The quantitative estimate of drug-likeness (QED) is 0.442. The predicted molar refractivity (Wildman–Crippen MR) is 122 cm³/mol. The summed E-state index contributed by atoms with van der Waals surface area (Å²) in [5.41, 5.74) is 1.78. The fourth-order valence-corrected chi connectivity index (χ4v) is 4.05. The third-order valence-corrected chi connectivity index (χ3v) is 5.84. The van der Waals surface area contributed by atoms with Gasteiger partial charge in [-0.25, -0.2) is 9.97 Å². The first-order chi connectivity index (χ1) is 16.4. The van der Waals surface area contributed by atoms with Crippen LogP contribution in [0.1, 0.15) is 15.9 Å². The summed E-state index contributed by atoms with van der Waals surface area (Å²) < 4.78 is 38.4. The van der Waals surface area contributed by atoms with Crippen LogP contribution in [0.25, 0.3) is 22.3 Å². The summed E-state index contributed by atoms with van der Waals surface area (Å²) in [6, 6.07) is 17.2. The molecule has 4 aromatic rings. The second-order valence-corrected chi connectivity index (χ2v) is 7.97. The van der Waals surface area contributed by atoms with Crippen LogP contribution in [-0.4, -0.2) is 51.9 Å². The standard InChI is InChI=1S/C25H20F3N5O/c26-25(27,28)17-8-9-23(30-16-17)32-11-13-33(14-12-32)24(34)19-15-22(21-7-3-4-10-29-21)31-20-6-2-1-5-18(19)20/h1-10,15-16H,11-14H2. The molecule has 0 saturated carbocycles. The van der Waals surface area contributed by atoms with E-state index in [2.05, 4.69) is 15.0 Å². The SMILES string of the molecule is O=C(c1cc(-c2ccccn2)nc2ccccc12)N1CCN(c2ccc(C(F)(F)F)cn2)CC1. The fraction of sp³-hybridized carbons (Fsp3) is 0.200. The largest absolute Gasteiger partial charge is 0.417 e. The number of carbonyl (C=O) groups excluding carboxylic acids is 1. The number of alkyl halides is 3. The minimum Gasteiger partial charge on any atom is -0.353 e. The number of para-hydroxylation sites is 1. The summed E-state index contributed by atoms with van der Waals surface area (Å²) >= 11 is 0. The van der Waals surface area contributed by atoms with Gasteiger partial charge in [-0.15, -0.1) is 0 Å². The topological polar surface area (TPSA) is 62.2 Å². The molecule has 0 N–H and O–H groups in total. The lowest BCUT2D eigenvalue weighted by Gasteiger charge is -2.35. The highest BCUT2D eigenvalue weighted by molar-refractivity contribution is 6.07. The zero-order chi connectivity index (χ0) is 23.7. The van der Waals surface area contributed by atoms with Crippen molar-refractivity contribution < 1.29 is 18.0 Å². The van der Waals surface area contributed by atoms with Gasteiger partial charge in [0, 0.05) is 44.0 Å². The van der Waals surface area contributed by atoms with Gasteiger partial charge < -0.3 is 9.80 Å². The highest BCUT2D eigenvalue weighted by atomic mass is 19.4. The van der Waals surface area contributed by atoms with Crippen molar-refractivity contribution in [3.05, 3.63) is 84.2 Å². The fourth-order valence-electron chi connectivity index (χ4n) is 4.05. The lowest BCUT2D eigenvalue weighted by atomic mass is 10.0. The molecule has 34 heavy (non-hydrogen) atoms. The van der Waals surface area contributed by atoms with Crippen LogP contribution >= 0.6 is 0 Å². The summed E-state index contributed by atoms with van der Waals surface area (Å²) in [7, 11) is 0. The van der Waals surface area contributed by atoms with Crippen molar-refractivity contribution >= 4 is 22.6 Å². The Labute approximate surface area is 193 Å². The Hall–Kier alpha value is -4.01. The monoisotopic (exact) mass is 463 g/mol. The number of carbonyl (C=O) groups is 1. The first-order valence-electron chi connectivity index (χ1n) is 10.8. The van der Waals surface area contributed by atoms with Crippen molar-refractivity contribution in [1.29, 1.82) is 0 Å². The maximum atomic E-state index is 13.5. The molecule has 1 amide bonds. The van der Waals surface area contributed by atoms with E-state index < -0.39 is 11.7 Å². The summed E-state index contributed by atoms with van der Waals surface area (Å²) in [6.45, 7) is 1.80. The predicted octanol–water partition coefficient (Wildman–Crippen LogP) is 4.67. The normalized spacial score (nSPS) is 14.4. The molecule has 9 heteroatoms. The van der Waals surface area contributed by atoms with Crippen LogP contribution in [-0.2, 0) is 6.18 Å². The molecule has 1 saturated heterocycles. The second kappa shape index (κ2) is 8.74. The van der Waals surface area contributed by atoms with E-state index in [9.17, 15) is 18.0 Å². The van der Waals surface area contributed by atoms with Gasteiger partial charge in [-0.2, -0.15) is 13.2 Å². The van der Waals surface area contributed by atoms with Crippen LogP contribution in [0.2, 0.25) is 0 Å². The van der Waals surface area contributed by atoms with Gasteiger partial charge in [0.2, 0.25) is 0 Å². The minimum absolute atomic E-state index is 0.115. The van der Waals surface area contributed by atoms with Gasteiger partial charge in [0.15, 0.2) is 0 Å². The molecule has 0 radical (unpaired) electrons. The van der Waals surface area contributed by atoms with E-state index in [0.717, 1.165) is 17.6 Å². The van der Waals surface area contributed by atoms with Crippen LogP contribution in [0.3, 0.4) is 0 Å². The Morgan fingerprint density at radius 2 is 1.62 bits per heavy atom. The van der Waals surface area contributed by atoms with Gasteiger partial charge in [-0.3, -0.25) is 9.78 Å². The van der Waals surface area contributed by atoms with Crippen molar-refractivity contribution in [3.8, 4) is 11.4 Å². The number of fused-ring (bicyclic) bond motifs is 1. The zero-order valence-corrected chi connectivity index (χ0v) is 18.0. The third-order valence-electron chi connectivity index (χ3n) is 5.84. The van der Waals surface area contributed by atoms with Gasteiger partial charge in [0.05, 0.1) is 28.0 Å². The van der Waals surface area contributed by atoms with Gasteiger partial charge in [-0.05, 0) is 36.4 Å². The van der Waals surface area contributed by atoms with Gasteiger partial charge in [0.25, 0.3) is 5.91 Å². The Kier molecular flexibility index (Phi) is 5.61. The van der Waals surface area contributed by atoms with Crippen LogP contribution in [0.15, 0.2) is 73.1 Å². The maximum absolute atomic E-state index is 13.5. The molecule has 1 aromatic carbocycles. The molecule has 0 bridgehead atoms. The number of rotatable bonds is 3. The Balaban J connectivity index is 1.37. The number of hydrogen-bond acceptors (Lipinski definition) is 5. The number of anilines is 1. The number of pyridine rings is 3. The molecule has 0 spiro atoms. The molecular weight excluding hydrogens is 443 g/mol. The molecule has 172 valence electrons. The molecule has 1 fully saturated rings. The number of benzene rings is 1. The molecule has 1 aliphatic heterocycles. The molecule has 4 heterocycles. The van der Waals surface area contributed by atoms with Gasteiger partial charge in [0.1, 0.15) is 5.82 Å². The van der Waals surface area contributed by atoms with E-state index in [1.807, 2.05) is 47.4 Å². The Bertz CT molecular complexity index is 1320. The van der Waals surface area contributed by atoms with Crippen molar-refractivity contribution in [3.63, 3.8) is 0 Å². The van der Waals surface area contributed by atoms with E-state index in [4.69, 9.17) is 0 Å². The number of aromatic nitrogens is 3. The summed E-state index contributed by atoms with van der Waals surface area (Å²) in [5, 5.41) is 0.763. The van der Waals surface area contributed by atoms with Crippen LogP contribution in [0.4, 0.5) is 19.0 Å². The van der Waals surface area contributed by atoms with E-state index in [0.29, 0.717) is 54.5 Å². The number of piperazine rings is 1. The average Bonchev–Trinajstić information content (AvgIpc) is 2.88. The molecule has 1 aliphatic rings. The smallest absolute Gasteiger partial charge is 0.353 e. The molecule has 0 aliphatic carbocycles. The number of nitrogens with zero attached hydrogens (tertiary/aromatic N) is 5. The number of hydrogen-bond donors (Lipinski definition) is 0. The average molecular weight is 463 g/mol. The molecule has 0 unspecified atom stereocenters. The molecule has 3 aromatic heterocycles. The Morgan fingerprint density at radius 1 is 0.853 bits per heavy atom. The third kappa shape index (κ3) is 4.28. The highest BCUT2D eigenvalue weighted by Crippen LogP contribution is 2.30. The molecule has 5 rings (SSSR count). The van der Waals surface area contributed by atoms with E-state index in [-0.39, 0.29) is 5.91 Å². The van der Waals surface area contributed by atoms with E-state index in [1.165, 1.54) is 6.07 Å². The summed E-state index contributed by atoms with van der Waals surface area (Å²) in [4.78, 5) is 30.2. The second-order valence-electron chi connectivity index (χ2n) is 7.97. The van der Waals surface area contributed by atoms with E-state index in [1.54, 1.807) is 17.2 Å². The number of amides is 1. The van der Waals surface area contributed by atoms with E-state index >= 15 is 0 Å². The lowest BCUT2D eigenvalue weighted by Crippen LogP contribution is -2.49. The summed E-state index contributed by atoms with van der Waals surface area (Å²) in [6.07, 6.45) is -1.89. The van der Waals surface area contributed by atoms with Crippen molar-refractivity contribution in [2.24, 2.45) is 0 Å². The van der Waals surface area contributed by atoms with Crippen molar-refractivity contribution in [1.82, 2.24) is 19.9 Å². The molecule has 0 atom stereocenters. The Morgan fingerprint density at radius 3 is 2.29 bits per heavy atom.